The number of likely N-dealkylation sites (tertiary alicyclic amines) is 1. The summed E-state index contributed by atoms with van der Waals surface area (Å²) in [6.45, 7) is 2.06. The highest BCUT2D eigenvalue weighted by Crippen LogP contribution is 2.35. The molecule has 0 bridgehead atoms. The highest BCUT2D eigenvalue weighted by molar-refractivity contribution is 5.98. The smallest absolute Gasteiger partial charge is 0.326 e. The molecule has 0 radical (unpaired) electrons. The zero-order chi connectivity index (χ0) is 23.8. The zero-order valence-electron chi connectivity index (χ0n) is 17.7. The van der Waals surface area contributed by atoms with E-state index in [-0.39, 0.29) is 24.1 Å². The lowest BCUT2D eigenvalue weighted by molar-refractivity contribution is -0.153. The monoisotopic (exact) mass is 460 g/mol. The van der Waals surface area contributed by atoms with Crippen LogP contribution in [0.5, 0.6) is 0 Å². The molecule has 8 nitrogen and oxygen atoms in total. The Morgan fingerprint density at radius 1 is 1.12 bits per heavy atom. The van der Waals surface area contributed by atoms with Crippen molar-refractivity contribution in [1.82, 2.24) is 10.2 Å². The van der Waals surface area contributed by atoms with Gasteiger partial charge in [-0.2, -0.15) is 0 Å². The molecule has 2 aromatic rings. The molecule has 10 heteroatoms. The van der Waals surface area contributed by atoms with Crippen molar-refractivity contribution < 1.29 is 37.7 Å². The Labute approximate surface area is 188 Å². The molecular formula is C23H22F2N2O6. The second kappa shape index (κ2) is 8.87. The molecule has 2 aliphatic rings. The molecule has 174 valence electrons. The van der Waals surface area contributed by atoms with Gasteiger partial charge in [0.15, 0.2) is 5.79 Å². The van der Waals surface area contributed by atoms with Crippen LogP contribution in [0, 0.1) is 11.6 Å². The van der Waals surface area contributed by atoms with Crippen LogP contribution in [0.15, 0.2) is 42.5 Å². The Bertz CT molecular complexity index is 1080. The van der Waals surface area contributed by atoms with Crippen LogP contribution in [0.4, 0.5) is 8.78 Å². The van der Waals surface area contributed by atoms with E-state index in [0.717, 1.165) is 17.0 Å². The van der Waals surface area contributed by atoms with Gasteiger partial charge in [0, 0.05) is 23.6 Å². The summed E-state index contributed by atoms with van der Waals surface area (Å²) < 4.78 is 38.2. The Morgan fingerprint density at radius 3 is 2.39 bits per heavy atom. The fourth-order valence-electron chi connectivity index (χ4n) is 4.11. The van der Waals surface area contributed by atoms with Crippen molar-refractivity contribution in [2.75, 3.05) is 19.8 Å². The molecule has 2 amide bonds. The predicted octanol–water partition coefficient (Wildman–Crippen LogP) is 2.18. The van der Waals surface area contributed by atoms with Crippen LogP contribution in [0.2, 0.25) is 0 Å². The standard InChI is InChI=1S/C23H22F2N2O6/c1-13(21(29)27-12-23(32-8-9-33-23)11-19(27)22(30)31)26-20(28)15-4-2-14(3-5-15)17-7-6-16(24)10-18(17)25/h2-7,10,13,19H,8-9,11-12H2,1H3,(H,26,28)(H,30,31)/t13?,19-/m0/s1. The van der Waals surface area contributed by atoms with Crippen LogP contribution in [0.1, 0.15) is 23.7 Å². The van der Waals surface area contributed by atoms with E-state index in [1.165, 1.54) is 37.3 Å². The molecule has 0 aromatic heterocycles. The summed E-state index contributed by atoms with van der Waals surface area (Å²) in [5.74, 6) is -4.85. The lowest BCUT2D eigenvalue weighted by atomic mass is 10.0. The van der Waals surface area contributed by atoms with Gasteiger partial charge in [-0.25, -0.2) is 13.6 Å². The molecule has 4 rings (SSSR count). The first-order valence-electron chi connectivity index (χ1n) is 10.4. The third kappa shape index (κ3) is 4.57. The molecule has 33 heavy (non-hydrogen) atoms. The maximum absolute atomic E-state index is 14.0. The van der Waals surface area contributed by atoms with E-state index in [1.54, 1.807) is 0 Å². The first-order valence-corrected chi connectivity index (χ1v) is 10.4. The topological polar surface area (TPSA) is 105 Å². The number of halogens is 2. The van der Waals surface area contributed by atoms with E-state index in [9.17, 15) is 28.3 Å². The number of hydrogen-bond acceptors (Lipinski definition) is 5. The minimum absolute atomic E-state index is 0.0101. The first-order chi connectivity index (χ1) is 15.7. The van der Waals surface area contributed by atoms with Gasteiger partial charge in [-0.3, -0.25) is 9.59 Å². The number of ether oxygens (including phenoxy) is 2. The van der Waals surface area contributed by atoms with E-state index in [0.29, 0.717) is 18.8 Å². The number of hydrogen-bond donors (Lipinski definition) is 2. The van der Waals surface area contributed by atoms with E-state index in [1.807, 2.05) is 0 Å². The molecule has 0 saturated carbocycles. The number of rotatable bonds is 5. The Balaban J connectivity index is 1.43. The molecule has 2 saturated heterocycles. The van der Waals surface area contributed by atoms with E-state index in [2.05, 4.69) is 5.32 Å². The maximum Gasteiger partial charge on any atom is 0.326 e. The SMILES string of the molecule is CC(NC(=O)c1ccc(-c2ccc(F)cc2F)cc1)C(=O)N1CC2(C[C@H]1C(=O)O)OCCO2. The number of nitrogens with zero attached hydrogens (tertiary/aromatic N) is 1. The normalized spacial score (nSPS) is 20.1. The van der Waals surface area contributed by atoms with Crippen LogP contribution in [-0.2, 0) is 19.1 Å². The first kappa shape index (κ1) is 22.8. The van der Waals surface area contributed by atoms with Gasteiger partial charge in [-0.1, -0.05) is 12.1 Å². The van der Waals surface area contributed by atoms with Crippen molar-refractivity contribution in [3.63, 3.8) is 0 Å². The molecule has 2 N–H and O–H groups in total. The molecule has 2 aromatic carbocycles. The summed E-state index contributed by atoms with van der Waals surface area (Å²) in [6.07, 6.45) is 0.0101. The molecular weight excluding hydrogens is 438 g/mol. The zero-order valence-corrected chi connectivity index (χ0v) is 17.7. The van der Waals surface area contributed by atoms with Gasteiger partial charge in [0.05, 0.1) is 19.8 Å². The van der Waals surface area contributed by atoms with Crippen LogP contribution >= 0.6 is 0 Å². The Kier molecular flexibility index (Phi) is 6.13. The lowest BCUT2D eigenvalue weighted by Gasteiger charge is -2.26. The summed E-state index contributed by atoms with van der Waals surface area (Å²) >= 11 is 0. The fraction of sp³-hybridized carbons (Fsp3) is 0.348. The highest BCUT2D eigenvalue weighted by Gasteiger charge is 2.53. The van der Waals surface area contributed by atoms with Crippen molar-refractivity contribution in [3.8, 4) is 11.1 Å². The van der Waals surface area contributed by atoms with Crippen LogP contribution in [-0.4, -0.2) is 65.4 Å². The van der Waals surface area contributed by atoms with Crippen molar-refractivity contribution in [2.24, 2.45) is 0 Å². The third-order valence-electron chi connectivity index (χ3n) is 5.78. The molecule has 2 atom stereocenters. The van der Waals surface area contributed by atoms with Gasteiger partial charge in [0.1, 0.15) is 23.7 Å². The molecule has 0 aliphatic carbocycles. The summed E-state index contributed by atoms with van der Waals surface area (Å²) in [5.41, 5.74) is 0.860. The summed E-state index contributed by atoms with van der Waals surface area (Å²) in [5, 5.41) is 12.1. The quantitative estimate of drug-likeness (QED) is 0.709. The molecule has 1 unspecified atom stereocenters. The number of aliphatic carboxylic acids is 1. The van der Waals surface area contributed by atoms with Gasteiger partial charge < -0.3 is 24.8 Å². The van der Waals surface area contributed by atoms with Gasteiger partial charge in [0.2, 0.25) is 5.91 Å². The number of amides is 2. The summed E-state index contributed by atoms with van der Waals surface area (Å²) in [6, 6.07) is 7.02. The number of carbonyl (C=O) groups excluding carboxylic acids is 2. The van der Waals surface area contributed by atoms with Crippen molar-refractivity contribution in [2.45, 2.75) is 31.2 Å². The number of nitrogens with one attached hydrogen (secondary N) is 1. The third-order valence-corrected chi connectivity index (χ3v) is 5.78. The molecule has 1 spiro atoms. The number of carboxylic acids is 1. The summed E-state index contributed by atoms with van der Waals surface area (Å²) in [7, 11) is 0. The Hall–Kier alpha value is -3.37. The van der Waals surface area contributed by atoms with Crippen LogP contribution < -0.4 is 5.32 Å². The molecule has 2 fully saturated rings. The lowest BCUT2D eigenvalue weighted by Crippen LogP contribution is -2.51. The average Bonchev–Trinajstić information content (AvgIpc) is 3.40. The van der Waals surface area contributed by atoms with E-state index < -0.39 is 47.3 Å². The van der Waals surface area contributed by atoms with Gasteiger partial charge in [-0.15, -0.1) is 0 Å². The molecule has 2 aliphatic heterocycles. The fourth-order valence-corrected chi connectivity index (χ4v) is 4.11. The largest absolute Gasteiger partial charge is 0.480 e. The van der Waals surface area contributed by atoms with Crippen molar-refractivity contribution in [3.05, 3.63) is 59.7 Å². The van der Waals surface area contributed by atoms with Crippen LogP contribution in [0.3, 0.4) is 0 Å². The van der Waals surface area contributed by atoms with Crippen LogP contribution in [0.25, 0.3) is 11.1 Å². The van der Waals surface area contributed by atoms with Crippen molar-refractivity contribution >= 4 is 17.8 Å². The average molecular weight is 460 g/mol. The minimum Gasteiger partial charge on any atom is -0.480 e. The number of benzene rings is 2. The molecule has 2 heterocycles. The second-order valence-corrected chi connectivity index (χ2v) is 8.03. The predicted molar refractivity (Wildman–Crippen MR) is 111 cm³/mol. The maximum atomic E-state index is 14.0. The van der Waals surface area contributed by atoms with Gasteiger partial charge in [-0.05, 0) is 36.8 Å². The van der Waals surface area contributed by atoms with Crippen molar-refractivity contribution in [1.29, 1.82) is 0 Å². The van der Waals surface area contributed by atoms with Gasteiger partial charge >= 0.3 is 5.97 Å². The number of carboxylic acid groups (broad SMARTS) is 1. The van der Waals surface area contributed by atoms with E-state index >= 15 is 0 Å². The van der Waals surface area contributed by atoms with Gasteiger partial charge in [0.25, 0.3) is 5.91 Å². The second-order valence-electron chi connectivity index (χ2n) is 8.03. The minimum atomic E-state index is -1.18. The number of carbonyl (C=O) groups is 3. The van der Waals surface area contributed by atoms with E-state index in [4.69, 9.17) is 9.47 Å². The Morgan fingerprint density at radius 2 is 1.79 bits per heavy atom. The highest BCUT2D eigenvalue weighted by atomic mass is 19.1. The summed E-state index contributed by atoms with van der Waals surface area (Å²) in [4.78, 5) is 38.4.